The van der Waals surface area contributed by atoms with E-state index in [-0.39, 0.29) is 62.4 Å². The number of esters is 1. The summed E-state index contributed by atoms with van der Waals surface area (Å²) in [5.74, 6) is 0.0812. The third kappa shape index (κ3) is 6.55. The van der Waals surface area contributed by atoms with Gasteiger partial charge in [-0.1, -0.05) is 60.1 Å². The fourth-order valence-electron chi connectivity index (χ4n) is 14.1. The molecule has 8 atom stereocenters. The van der Waals surface area contributed by atoms with Crippen LogP contribution in [0.1, 0.15) is 132 Å². The number of halogens is 1. The average Bonchev–Trinajstić information content (AvgIpc) is 3.61. The highest BCUT2D eigenvalue weighted by Crippen LogP contribution is 2.77. The Hall–Kier alpha value is -3.44. The molecule has 0 aromatic carbocycles. The number of ketones is 1. The molecule has 330 valence electrons. The molecule has 60 heavy (non-hydrogen) atoms. The van der Waals surface area contributed by atoms with Crippen LogP contribution in [-0.2, 0) is 31.1 Å². The minimum absolute atomic E-state index is 0.00258. The molecule has 0 amide bonds. The highest BCUT2D eigenvalue weighted by Gasteiger charge is 2.71. The van der Waals surface area contributed by atoms with Crippen molar-refractivity contribution in [2.24, 2.45) is 50.7 Å². The summed E-state index contributed by atoms with van der Waals surface area (Å²) in [7, 11) is 5.60. The van der Waals surface area contributed by atoms with Crippen molar-refractivity contribution in [1.82, 2.24) is 19.2 Å². The Labute approximate surface area is 361 Å². The van der Waals surface area contributed by atoms with E-state index >= 15 is 0 Å². The monoisotopic (exact) mass is 848 g/mol. The van der Waals surface area contributed by atoms with Crippen molar-refractivity contribution in [3.8, 4) is 11.6 Å². The summed E-state index contributed by atoms with van der Waals surface area (Å²) >= 11 is 7.37. The van der Waals surface area contributed by atoms with Crippen LogP contribution in [0.3, 0.4) is 0 Å². The molecule has 12 heteroatoms. The van der Waals surface area contributed by atoms with Crippen molar-refractivity contribution in [3.63, 3.8) is 0 Å². The normalized spacial score (nSPS) is 33.6. The van der Waals surface area contributed by atoms with Crippen LogP contribution in [0.15, 0.2) is 34.3 Å². The summed E-state index contributed by atoms with van der Waals surface area (Å²) in [6.07, 6.45) is 8.84. The number of aliphatic carboxylic acids is 1. The highest BCUT2D eigenvalue weighted by atomic mass is 35.5. The van der Waals surface area contributed by atoms with E-state index in [1.165, 1.54) is 5.57 Å². The van der Waals surface area contributed by atoms with E-state index in [4.69, 9.17) is 21.1 Å². The molecule has 2 heterocycles. The van der Waals surface area contributed by atoms with Gasteiger partial charge in [-0.05, 0) is 136 Å². The summed E-state index contributed by atoms with van der Waals surface area (Å²) in [4.78, 5) is 60.8. The molecule has 4 saturated carbocycles. The number of hydrogen-bond acceptors (Lipinski definition) is 8. The van der Waals surface area contributed by atoms with Gasteiger partial charge in [0.25, 0.3) is 5.56 Å². The van der Waals surface area contributed by atoms with Gasteiger partial charge in [-0.3, -0.25) is 23.9 Å². The molecular formula is C48H69ClN4O7. The van der Waals surface area contributed by atoms with Gasteiger partial charge in [0, 0.05) is 29.9 Å². The Balaban J connectivity index is 1.29. The molecule has 0 saturated heterocycles. The van der Waals surface area contributed by atoms with E-state index < -0.39 is 22.8 Å². The number of carbonyl (C=O) groups is 3. The molecule has 0 bridgehead atoms. The third-order valence-corrected chi connectivity index (χ3v) is 17.6. The number of pyridine rings is 1. The first-order valence-corrected chi connectivity index (χ1v) is 22.7. The van der Waals surface area contributed by atoms with Crippen LogP contribution in [0.4, 0.5) is 0 Å². The van der Waals surface area contributed by atoms with Crippen LogP contribution in [0.2, 0.25) is 5.02 Å². The molecule has 5 aliphatic rings. The molecule has 5 aliphatic carbocycles. The minimum atomic E-state index is -1.19. The van der Waals surface area contributed by atoms with Gasteiger partial charge >= 0.3 is 11.9 Å². The average molecular weight is 850 g/mol. The predicted molar refractivity (Wildman–Crippen MR) is 233 cm³/mol. The van der Waals surface area contributed by atoms with Crippen molar-refractivity contribution in [3.05, 3.63) is 50.5 Å². The van der Waals surface area contributed by atoms with Gasteiger partial charge in [0.05, 0.1) is 43.1 Å². The quantitative estimate of drug-likeness (QED) is 0.220. The molecule has 2 aromatic heterocycles. The van der Waals surface area contributed by atoms with Crippen LogP contribution in [-0.4, -0.2) is 75.9 Å². The number of fused-ring (bicyclic) bond motifs is 7. The van der Waals surface area contributed by atoms with Crippen molar-refractivity contribution < 1.29 is 29.0 Å². The zero-order valence-electron chi connectivity index (χ0n) is 38.2. The number of allylic oxidation sites excluding steroid dienone is 2. The molecule has 0 unspecified atom stereocenters. The second-order valence-corrected chi connectivity index (χ2v) is 22.1. The number of ether oxygens (including phenoxy) is 2. The Morgan fingerprint density at radius 2 is 1.68 bits per heavy atom. The predicted octanol–water partition coefficient (Wildman–Crippen LogP) is 8.90. The van der Waals surface area contributed by atoms with E-state index in [2.05, 4.69) is 63.0 Å². The molecule has 7 rings (SSSR count). The topological polar surface area (TPSA) is 133 Å². The first-order chi connectivity index (χ1) is 27.9. The van der Waals surface area contributed by atoms with Crippen LogP contribution in [0.25, 0.3) is 5.69 Å². The smallest absolute Gasteiger partial charge is 0.309 e. The first-order valence-electron chi connectivity index (χ1n) is 22.3. The number of methoxy groups -OCH3 is 1. The van der Waals surface area contributed by atoms with E-state index in [1.54, 1.807) is 37.9 Å². The second kappa shape index (κ2) is 15.1. The summed E-state index contributed by atoms with van der Waals surface area (Å²) < 4.78 is 15.3. The summed E-state index contributed by atoms with van der Waals surface area (Å²) in [5.41, 5.74) is 0.878. The van der Waals surface area contributed by atoms with Crippen molar-refractivity contribution in [2.45, 2.75) is 145 Å². The molecule has 1 N–H and O–H groups in total. The van der Waals surface area contributed by atoms with Gasteiger partial charge < -0.3 is 19.5 Å². The summed E-state index contributed by atoms with van der Waals surface area (Å²) in [6, 6.07) is 3.59. The first kappa shape index (κ1) is 44.6. The zero-order chi connectivity index (χ0) is 44.1. The second-order valence-electron chi connectivity index (χ2n) is 21.7. The van der Waals surface area contributed by atoms with Crippen LogP contribution < -0.4 is 10.3 Å². The lowest BCUT2D eigenvalue weighted by molar-refractivity contribution is -0.232. The van der Waals surface area contributed by atoms with Crippen molar-refractivity contribution in [2.75, 3.05) is 27.7 Å². The maximum Gasteiger partial charge on any atom is 0.309 e. The maximum absolute atomic E-state index is 14.7. The molecule has 0 spiro atoms. The van der Waals surface area contributed by atoms with Gasteiger partial charge in [-0.15, -0.1) is 0 Å². The number of aromatic nitrogens is 3. The molecule has 0 radical (unpaired) electrons. The van der Waals surface area contributed by atoms with Gasteiger partial charge in [0.15, 0.2) is 5.78 Å². The van der Waals surface area contributed by atoms with E-state index in [0.717, 1.165) is 62.6 Å². The van der Waals surface area contributed by atoms with Crippen molar-refractivity contribution >= 4 is 29.3 Å². The maximum atomic E-state index is 14.7. The molecule has 4 fully saturated rings. The van der Waals surface area contributed by atoms with E-state index in [9.17, 15) is 24.3 Å². The van der Waals surface area contributed by atoms with Crippen LogP contribution in [0, 0.1) is 50.7 Å². The van der Waals surface area contributed by atoms with E-state index in [1.807, 2.05) is 20.2 Å². The number of nitrogens with zero attached hydrogens (tertiary/aromatic N) is 4. The van der Waals surface area contributed by atoms with Crippen molar-refractivity contribution in [1.29, 1.82) is 0 Å². The number of likely N-dealkylation sites (N-methyl/N-ethyl adjacent to an activating group) is 1. The minimum Gasteiger partial charge on any atom is -0.481 e. The lowest BCUT2D eigenvalue weighted by Crippen LogP contribution is -2.66. The number of carbonyl (C=O) groups excluding carboxylic acids is 2. The highest BCUT2D eigenvalue weighted by molar-refractivity contribution is 6.31. The Kier molecular flexibility index (Phi) is 11.2. The number of Topliss-reactive ketones (excluding diaryl/α,β-unsaturated/α-hetero) is 1. The number of carboxylic acid groups (broad SMARTS) is 1. The third-order valence-electron chi connectivity index (χ3n) is 17.3. The zero-order valence-corrected chi connectivity index (χ0v) is 38.9. The molecule has 2 aromatic rings. The van der Waals surface area contributed by atoms with Gasteiger partial charge in [-0.2, -0.15) is 0 Å². The summed E-state index contributed by atoms with van der Waals surface area (Å²) in [5, 5.41) is 9.86. The van der Waals surface area contributed by atoms with E-state index in [0.29, 0.717) is 42.9 Å². The molecule has 11 nitrogen and oxygen atoms in total. The molecular weight excluding hydrogens is 780 g/mol. The van der Waals surface area contributed by atoms with Gasteiger partial charge in [0.2, 0.25) is 5.88 Å². The summed E-state index contributed by atoms with van der Waals surface area (Å²) in [6.45, 7) is 20.7. The fraction of sp³-hybridized carbons (Fsp3) is 0.729. The van der Waals surface area contributed by atoms with Gasteiger partial charge in [-0.25, -0.2) is 9.67 Å². The van der Waals surface area contributed by atoms with Crippen LogP contribution >= 0.6 is 11.6 Å². The lowest BCUT2D eigenvalue weighted by Gasteiger charge is -2.72. The lowest BCUT2D eigenvalue weighted by atomic mass is 9.33. The standard InChI is InChI=1S/C48H69ClN4O7/c1-28(2)37-31(54)25-48(40-39(49)41(56)53(52(40)24-23-51(10)11)29-13-16-35(59-12)50-27-29)22-21-46(8)30(38(37)48)14-15-33-45(7)19-18-34(60-36(55)26-43(3,4)42(57)58)44(5,6)32(45)17-20-47(33,46)9/h13,16,27-28,30,32-34H,14-15,17-26H2,1-12H3,(H,57,58)/t30-,32+,33-,34+,45+,46-,47-,48-/m1/s1. The van der Waals surface area contributed by atoms with Gasteiger partial charge in [0.1, 0.15) is 11.1 Å². The SMILES string of the molecule is COc1ccc(-n2c(=O)c(Cl)c([C@@]34CC[C@]5(C)[C@H](CC[C@@H]6[C@@]7(C)CC[C@H](OC(=O)CC(C)(C)C(=O)O)C(C)(C)[C@@H]7CC[C@]65C)C3=C(C(C)C)C(=O)C4)n2CCN(C)C)cn1. The largest absolute Gasteiger partial charge is 0.481 e. The number of hydrogen-bond donors (Lipinski definition) is 1. The Morgan fingerprint density at radius 1 is 0.983 bits per heavy atom. The Bertz CT molecular complexity index is 2150. The number of rotatable bonds is 11. The Morgan fingerprint density at radius 3 is 2.28 bits per heavy atom. The number of carboxylic acids is 1. The fourth-order valence-corrected chi connectivity index (χ4v) is 14.4. The van der Waals surface area contributed by atoms with Crippen LogP contribution in [0.5, 0.6) is 5.88 Å². The molecule has 0 aliphatic heterocycles.